The van der Waals surface area contributed by atoms with Crippen molar-refractivity contribution in [1.29, 1.82) is 0 Å². The third-order valence-corrected chi connectivity index (χ3v) is 3.44. The van der Waals surface area contributed by atoms with Gasteiger partial charge in [-0.1, -0.05) is 12.1 Å². The first-order chi connectivity index (χ1) is 10.4. The number of hydrogen-bond donors (Lipinski definition) is 3. The summed E-state index contributed by atoms with van der Waals surface area (Å²) >= 11 is 0. The number of aromatic nitrogens is 1. The lowest BCUT2D eigenvalue weighted by Gasteiger charge is -2.20. The lowest BCUT2D eigenvalue weighted by molar-refractivity contribution is 0.0850. The van der Waals surface area contributed by atoms with Crippen LogP contribution in [0.5, 0.6) is 0 Å². The number of benzene rings is 1. The molecule has 1 amide bonds. The van der Waals surface area contributed by atoms with E-state index in [1.807, 2.05) is 0 Å². The maximum absolute atomic E-state index is 12.9. The number of amides is 1. The largest absolute Gasteiger partial charge is 0.386 e. The molecule has 3 N–H and O–H groups in total. The number of nitrogens with one attached hydrogen (secondary N) is 2. The summed E-state index contributed by atoms with van der Waals surface area (Å²) < 4.78 is 12.9. The first-order valence-corrected chi connectivity index (χ1v) is 6.83. The van der Waals surface area contributed by atoms with Gasteiger partial charge in [0.05, 0.1) is 12.1 Å². The number of aliphatic hydroxyl groups excluding tert-OH is 1. The van der Waals surface area contributed by atoms with E-state index >= 15 is 0 Å². The summed E-state index contributed by atoms with van der Waals surface area (Å²) in [6.07, 6.45) is 0.457. The summed E-state index contributed by atoms with van der Waals surface area (Å²) in [5, 5.41) is 12.8. The Labute approximate surface area is 126 Å². The Morgan fingerprint density at radius 1 is 1.27 bits per heavy atom. The first-order valence-electron chi connectivity index (χ1n) is 6.83. The molecule has 0 saturated carbocycles. The normalized spacial score (nSPS) is 13.5. The molecular weight excluding hydrogens is 287 g/mol. The summed E-state index contributed by atoms with van der Waals surface area (Å²) in [6.45, 7) is 3.27. The van der Waals surface area contributed by atoms with Gasteiger partial charge in [-0.3, -0.25) is 9.59 Å². The van der Waals surface area contributed by atoms with E-state index in [4.69, 9.17) is 0 Å². The minimum atomic E-state index is -1.01. The molecule has 0 aliphatic carbocycles. The van der Waals surface area contributed by atoms with Crippen LogP contribution in [0.1, 0.15) is 34.5 Å². The van der Waals surface area contributed by atoms with Gasteiger partial charge < -0.3 is 15.4 Å². The second-order valence-electron chi connectivity index (χ2n) is 5.12. The number of rotatable bonds is 4. The average Bonchev–Trinajstić information content (AvgIpc) is 2.47. The molecule has 1 aromatic heterocycles. The van der Waals surface area contributed by atoms with Crippen LogP contribution in [0.2, 0.25) is 0 Å². The molecule has 1 aromatic carbocycles. The predicted octanol–water partition coefficient (Wildman–Crippen LogP) is 1.67. The van der Waals surface area contributed by atoms with Gasteiger partial charge in [0.1, 0.15) is 11.4 Å². The van der Waals surface area contributed by atoms with Crippen molar-refractivity contribution in [2.75, 3.05) is 0 Å². The highest BCUT2D eigenvalue weighted by Crippen LogP contribution is 2.17. The van der Waals surface area contributed by atoms with Crippen molar-refractivity contribution in [2.45, 2.75) is 26.0 Å². The molecule has 0 fully saturated rings. The highest BCUT2D eigenvalue weighted by Gasteiger charge is 2.21. The third-order valence-electron chi connectivity index (χ3n) is 3.44. The van der Waals surface area contributed by atoms with E-state index in [0.717, 1.165) is 0 Å². The van der Waals surface area contributed by atoms with Gasteiger partial charge in [-0.05, 0) is 43.2 Å². The zero-order valence-corrected chi connectivity index (χ0v) is 12.3. The molecule has 2 unspecified atom stereocenters. The van der Waals surface area contributed by atoms with Gasteiger partial charge in [-0.2, -0.15) is 0 Å². The molecule has 0 spiro atoms. The van der Waals surface area contributed by atoms with Gasteiger partial charge >= 0.3 is 0 Å². The molecule has 22 heavy (non-hydrogen) atoms. The number of pyridine rings is 1. The summed E-state index contributed by atoms with van der Waals surface area (Å²) in [4.78, 5) is 26.3. The number of carbonyl (C=O) groups excluding carboxylic acids is 1. The molecule has 2 rings (SSSR count). The number of hydrogen-bond acceptors (Lipinski definition) is 3. The van der Waals surface area contributed by atoms with Crippen molar-refractivity contribution in [3.05, 3.63) is 69.4 Å². The molecule has 0 saturated heterocycles. The maximum Gasteiger partial charge on any atom is 0.261 e. The Hall–Kier alpha value is -2.47. The van der Waals surface area contributed by atoms with Crippen LogP contribution in [-0.2, 0) is 0 Å². The molecule has 5 nitrogen and oxygen atoms in total. The number of H-pyrrole nitrogens is 1. The van der Waals surface area contributed by atoms with Crippen molar-refractivity contribution >= 4 is 5.91 Å². The minimum Gasteiger partial charge on any atom is -0.386 e. The third kappa shape index (κ3) is 3.40. The zero-order chi connectivity index (χ0) is 16.3. The molecular formula is C16H17FN2O3. The van der Waals surface area contributed by atoms with Crippen LogP contribution < -0.4 is 10.9 Å². The van der Waals surface area contributed by atoms with Gasteiger partial charge in [0, 0.05) is 6.20 Å². The van der Waals surface area contributed by atoms with E-state index < -0.39 is 29.4 Å². The Morgan fingerprint density at radius 2 is 1.91 bits per heavy atom. The van der Waals surface area contributed by atoms with Gasteiger partial charge in [0.15, 0.2) is 0 Å². The molecule has 0 aliphatic heterocycles. The molecule has 0 bridgehead atoms. The predicted molar refractivity (Wildman–Crippen MR) is 80.1 cm³/mol. The Balaban J connectivity index is 2.14. The lowest BCUT2D eigenvalue weighted by Crippen LogP contribution is -2.39. The fourth-order valence-electron chi connectivity index (χ4n) is 2.17. The second-order valence-corrected chi connectivity index (χ2v) is 5.12. The highest BCUT2D eigenvalue weighted by atomic mass is 19.1. The first kappa shape index (κ1) is 15.9. The van der Waals surface area contributed by atoms with Crippen LogP contribution in [0.4, 0.5) is 4.39 Å². The number of halogens is 1. The van der Waals surface area contributed by atoms with Crippen molar-refractivity contribution in [2.24, 2.45) is 0 Å². The standard InChI is InChI=1S/C16H17FN2O3/c1-9-7-8-18-15(21)13(9)16(22)19-10(2)14(20)11-3-5-12(17)6-4-11/h3-8,10,14,20H,1-2H3,(H,18,21)(H,19,22). The summed E-state index contributed by atoms with van der Waals surface area (Å²) in [7, 11) is 0. The van der Waals surface area contributed by atoms with E-state index in [1.54, 1.807) is 19.9 Å². The smallest absolute Gasteiger partial charge is 0.261 e. The monoisotopic (exact) mass is 304 g/mol. The van der Waals surface area contributed by atoms with Crippen molar-refractivity contribution in [3.8, 4) is 0 Å². The Kier molecular flexibility index (Phi) is 4.72. The molecule has 2 aromatic rings. The summed E-state index contributed by atoms with van der Waals surface area (Å²) in [5.74, 6) is -0.966. The number of carbonyl (C=O) groups is 1. The summed E-state index contributed by atoms with van der Waals surface area (Å²) in [6, 6.07) is 6.35. The van der Waals surface area contributed by atoms with Gasteiger partial charge in [0.2, 0.25) is 0 Å². The van der Waals surface area contributed by atoms with Crippen molar-refractivity contribution in [3.63, 3.8) is 0 Å². The number of aryl methyl sites for hydroxylation is 1. The number of aliphatic hydroxyl groups is 1. The van der Waals surface area contributed by atoms with E-state index in [2.05, 4.69) is 10.3 Å². The molecule has 1 heterocycles. The highest BCUT2D eigenvalue weighted by molar-refractivity contribution is 5.95. The van der Waals surface area contributed by atoms with Gasteiger partial charge in [-0.25, -0.2) is 4.39 Å². The van der Waals surface area contributed by atoms with Crippen LogP contribution in [0, 0.1) is 12.7 Å². The van der Waals surface area contributed by atoms with E-state index in [9.17, 15) is 19.1 Å². The second kappa shape index (κ2) is 6.53. The van der Waals surface area contributed by atoms with Gasteiger partial charge in [-0.15, -0.1) is 0 Å². The minimum absolute atomic E-state index is 0.0145. The van der Waals surface area contributed by atoms with Crippen LogP contribution in [-0.4, -0.2) is 22.0 Å². The van der Waals surface area contributed by atoms with Crippen LogP contribution in [0.25, 0.3) is 0 Å². The Morgan fingerprint density at radius 3 is 2.50 bits per heavy atom. The zero-order valence-electron chi connectivity index (χ0n) is 12.3. The molecule has 6 heteroatoms. The fraction of sp³-hybridized carbons (Fsp3) is 0.250. The molecule has 0 radical (unpaired) electrons. The Bertz CT molecular complexity index is 725. The van der Waals surface area contributed by atoms with Crippen LogP contribution in [0.15, 0.2) is 41.3 Å². The van der Waals surface area contributed by atoms with Crippen LogP contribution >= 0.6 is 0 Å². The molecule has 116 valence electrons. The van der Waals surface area contributed by atoms with Crippen molar-refractivity contribution in [1.82, 2.24) is 10.3 Å². The van der Waals surface area contributed by atoms with Crippen molar-refractivity contribution < 1.29 is 14.3 Å². The van der Waals surface area contributed by atoms with E-state index in [-0.39, 0.29) is 5.56 Å². The fourth-order valence-corrected chi connectivity index (χ4v) is 2.17. The topological polar surface area (TPSA) is 82.2 Å². The number of aromatic amines is 1. The maximum atomic E-state index is 12.9. The SMILES string of the molecule is Cc1cc[nH]c(=O)c1C(=O)NC(C)C(O)c1ccc(F)cc1. The quantitative estimate of drug-likeness (QED) is 0.803. The van der Waals surface area contributed by atoms with Crippen LogP contribution in [0.3, 0.4) is 0 Å². The summed E-state index contributed by atoms with van der Waals surface area (Å²) in [5.41, 5.74) is 0.555. The van der Waals surface area contributed by atoms with E-state index in [1.165, 1.54) is 30.5 Å². The lowest BCUT2D eigenvalue weighted by atomic mass is 10.0. The molecule has 2 atom stereocenters. The van der Waals surface area contributed by atoms with Gasteiger partial charge in [0.25, 0.3) is 11.5 Å². The average molecular weight is 304 g/mol. The van der Waals surface area contributed by atoms with E-state index in [0.29, 0.717) is 11.1 Å². The molecule has 0 aliphatic rings.